The van der Waals surface area contributed by atoms with Crippen LogP contribution in [0.3, 0.4) is 0 Å². The van der Waals surface area contributed by atoms with Gasteiger partial charge in [0.05, 0.1) is 5.56 Å². The van der Waals surface area contributed by atoms with Gasteiger partial charge in [-0.1, -0.05) is 0 Å². The monoisotopic (exact) mass is 416 g/mol. The molecule has 1 amide bonds. The second-order valence-electron chi connectivity index (χ2n) is 7.65. The smallest absolute Gasteiger partial charge is 0.352 e. The van der Waals surface area contributed by atoms with E-state index in [1.54, 1.807) is 9.42 Å². The van der Waals surface area contributed by atoms with Crippen molar-refractivity contribution in [1.29, 1.82) is 0 Å². The number of rotatable bonds is 3. The van der Waals surface area contributed by atoms with Crippen LogP contribution in [-0.4, -0.2) is 56.8 Å². The average Bonchev–Trinajstić information content (AvgIpc) is 3.51. The number of piperazine rings is 1. The highest BCUT2D eigenvalue weighted by molar-refractivity contribution is 5.94. The number of halogens is 3. The number of amides is 1. The number of benzene rings is 1. The molecular formula is C20H19F3N6O. The summed E-state index contributed by atoms with van der Waals surface area (Å²) >= 11 is 0. The van der Waals surface area contributed by atoms with Crippen molar-refractivity contribution in [2.24, 2.45) is 0 Å². The maximum Gasteiger partial charge on any atom is 0.416 e. The topological polar surface area (TPSA) is 66.6 Å². The fraction of sp³-hybridized carbons (Fsp3) is 0.400. The first-order chi connectivity index (χ1) is 14.4. The molecule has 1 saturated heterocycles. The van der Waals surface area contributed by atoms with Crippen LogP contribution in [0, 0.1) is 0 Å². The van der Waals surface area contributed by atoms with E-state index in [2.05, 4.69) is 20.2 Å². The third-order valence-electron chi connectivity index (χ3n) is 5.57. The third-order valence-corrected chi connectivity index (χ3v) is 5.57. The Labute approximate surface area is 170 Å². The van der Waals surface area contributed by atoms with Crippen molar-refractivity contribution in [3.05, 3.63) is 53.3 Å². The lowest BCUT2D eigenvalue weighted by molar-refractivity contribution is -0.137. The molecule has 5 rings (SSSR count). The Morgan fingerprint density at radius 1 is 0.933 bits per heavy atom. The number of carbonyl (C=O) groups excluding carboxylic acids is 1. The highest BCUT2D eigenvalue weighted by Gasteiger charge is 2.31. The number of fused-ring (bicyclic) bond motifs is 1. The van der Waals surface area contributed by atoms with E-state index < -0.39 is 11.7 Å². The van der Waals surface area contributed by atoms with Gasteiger partial charge in [0.1, 0.15) is 5.82 Å². The first-order valence-corrected chi connectivity index (χ1v) is 9.84. The van der Waals surface area contributed by atoms with Crippen molar-refractivity contribution in [1.82, 2.24) is 24.7 Å². The van der Waals surface area contributed by atoms with Crippen LogP contribution in [0.5, 0.6) is 0 Å². The van der Waals surface area contributed by atoms with Gasteiger partial charge in [0, 0.05) is 37.7 Å². The predicted molar refractivity (Wildman–Crippen MR) is 102 cm³/mol. The number of aromatic nitrogens is 4. The van der Waals surface area contributed by atoms with E-state index in [4.69, 9.17) is 0 Å². The molecule has 30 heavy (non-hydrogen) atoms. The van der Waals surface area contributed by atoms with Crippen LogP contribution < -0.4 is 4.90 Å². The van der Waals surface area contributed by atoms with E-state index in [1.165, 1.54) is 12.1 Å². The van der Waals surface area contributed by atoms with Crippen LogP contribution in [-0.2, 0) is 6.18 Å². The first kappa shape index (κ1) is 18.8. The highest BCUT2D eigenvalue weighted by atomic mass is 19.4. The molecule has 1 aliphatic carbocycles. The molecule has 0 radical (unpaired) electrons. The quantitative estimate of drug-likeness (QED) is 0.657. The number of nitrogens with zero attached hydrogens (tertiary/aromatic N) is 6. The van der Waals surface area contributed by atoms with Gasteiger partial charge in [0.15, 0.2) is 11.5 Å². The standard InChI is InChI=1S/C20H19F3N6O/c21-20(22,23)15-5-3-14(4-6-15)19(30)28-11-9-27(10-12-28)17-8-7-16-24-25-18(13-1-2-13)29(16)26-17/h3-8,13H,1-2,9-12H2. The molecule has 1 saturated carbocycles. The van der Waals surface area contributed by atoms with Gasteiger partial charge in [-0.25, -0.2) is 0 Å². The summed E-state index contributed by atoms with van der Waals surface area (Å²) in [5, 5.41) is 13.1. The van der Waals surface area contributed by atoms with Crippen molar-refractivity contribution < 1.29 is 18.0 Å². The lowest BCUT2D eigenvalue weighted by Crippen LogP contribution is -2.49. The normalized spacial score (nSPS) is 17.6. The highest BCUT2D eigenvalue weighted by Crippen LogP contribution is 2.38. The van der Waals surface area contributed by atoms with Gasteiger partial charge in [-0.3, -0.25) is 4.79 Å². The predicted octanol–water partition coefficient (Wildman–Crippen LogP) is 2.98. The number of carbonyl (C=O) groups is 1. The van der Waals surface area contributed by atoms with Gasteiger partial charge in [-0.15, -0.1) is 15.3 Å². The zero-order valence-corrected chi connectivity index (χ0v) is 16.0. The summed E-state index contributed by atoms with van der Waals surface area (Å²) in [6.07, 6.45) is -2.19. The molecule has 0 bridgehead atoms. The average molecular weight is 416 g/mol. The van der Waals surface area contributed by atoms with Crippen LogP contribution in [0.25, 0.3) is 5.65 Å². The Morgan fingerprint density at radius 2 is 1.63 bits per heavy atom. The van der Waals surface area contributed by atoms with Crippen LogP contribution >= 0.6 is 0 Å². The molecule has 2 aliphatic rings. The van der Waals surface area contributed by atoms with Gasteiger partial charge in [-0.2, -0.15) is 17.7 Å². The molecule has 0 atom stereocenters. The molecule has 2 fully saturated rings. The largest absolute Gasteiger partial charge is 0.416 e. The Hall–Kier alpha value is -3.17. The molecule has 3 aromatic rings. The minimum absolute atomic E-state index is 0.259. The second kappa shape index (κ2) is 6.96. The molecular weight excluding hydrogens is 397 g/mol. The molecule has 0 N–H and O–H groups in total. The Balaban J connectivity index is 1.26. The van der Waals surface area contributed by atoms with E-state index >= 15 is 0 Å². The molecule has 3 heterocycles. The third kappa shape index (κ3) is 3.46. The first-order valence-electron chi connectivity index (χ1n) is 9.84. The lowest BCUT2D eigenvalue weighted by atomic mass is 10.1. The van der Waals surface area contributed by atoms with Gasteiger partial charge in [0.2, 0.25) is 0 Å². The fourth-order valence-corrected chi connectivity index (χ4v) is 3.68. The van der Waals surface area contributed by atoms with E-state index in [0.717, 1.165) is 42.3 Å². The number of hydrogen-bond donors (Lipinski definition) is 0. The maximum atomic E-state index is 12.7. The Kier molecular flexibility index (Phi) is 4.37. The zero-order chi connectivity index (χ0) is 20.9. The van der Waals surface area contributed by atoms with Crippen LogP contribution in [0.15, 0.2) is 36.4 Å². The molecule has 2 aromatic heterocycles. The van der Waals surface area contributed by atoms with Gasteiger partial charge >= 0.3 is 6.18 Å². The molecule has 1 aromatic carbocycles. The number of hydrogen-bond acceptors (Lipinski definition) is 5. The summed E-state index contributed by atoms with van der Waals surface area (Å²) in [6.45, 7) is 2.12. The van der Waals surface area contributed by atoms with Gasteiger partial charge < -0.3 is 9.80 Å². The minimum atomic E-state index is -4.41. The fourth-order valence-electron chi connectivity index (χ4n) is 3.68. The summed E-state index contributed by atoms with van der Waals surface area (Å²) < 4.78 is 39.9. The molecule has 0 spiro atoms. The van der Waals surface area contributed by atoms with Gasteiger partial charge in [0.25, 0.3) is 5.91 Å². The van der Waals surface area contributed by atoms with E-state index in [-0.39, 0.29) is 11.5 Å². The van der Waals surface area contributed by atoms with Crippen molar-refractivity contribution in [3.63, 3.8) is 0 Å². The summed E-state index contributed by atoms with van der Waals surface area (Å²) in [7, 11) is 0. The van der Waals surface area contributed by atoms with Crippen molar-refractivity contribution >= 4 is 17.4 Å². The van der Waals surface area contributed by atoms with E-state index in [1.807, 2.05) is 12.1 Å². The summed E-state index contributed by atoms with van der Waals surface area (Å²) in [4.78, 5) is 16.4. The van der Waals surface area contributed by atoms with Gasteiger partial charge in [-0.05, 0) is 49.2 Å². The Morgan fingerprint density at radius 3 is 2.27 bits per heavy atom. The molecule has 10 heteroatoms. The van der Waals surface area contributed by atoms with Crippen molar-refractivity contribution in [2.45, 2.75) is 24.9 Å². The van der Waals surface area contributed by atoms with E-state index in [0.29, 0.717) is 32.1 Å². The molecule has 0 unspecified atom stereocenters. The maximum absolute atomic E-state index is 12.7. The number of anilines is 1. The molecule has 1 aliphatic heterocycles. The Bertz CT molecular complexity index is 1080. The summed E-state index contributed by atoms with van der Waals surface area (Å²) in [6, 6.07) is 8.14. The molecule has 156 valence electrons. The SMILES string of the molecule is O=C(c1ccc(C(F)(F)F)cc1)N1CCN(c2ccc3nnc(C4CC4)n3n2)CC1. The van der Waals surface area contributed by atoms with Crippen molar-refractivity contribution in [2.75, 3.05) is 31.1 Å². The van der Waals surface area contributed by atoms with Crippen molar-refractivity contribution in [3.8, 4) is 0 Å². The second-order valence-corrected chi connectivity index (χ2v) is 7.65. The van der Waals surface area contributed by atoms with Crippen LogP contribution in [0.1, 0.15) is 40.5 Å². The lowest BCUT2D eigenvalue weighted by Gasteiger charge is -2.35. The minimum Gasteiger partial charge on any atom is -0.352 e. The zero-order valence-electron chi connectivity index (χ0n) is 16.0. The van der Waals surface area contributed by atoms with Crippen LogP contribution in [0.2, 0.25) is 0 Å². The van der Waals surface area contributed by atoms with Crippen LogP contribution in [0.4, 0.5) is 19.0 Å². The molecule has 7 nitrogen and oxygen atoms in total. The summed E-state index contributed by atoms with van der Waals surface area (Å²) in [5.41, 5.74) is 0.219. The number of alkyl halides is 3. The summed E-state index contributed by atoms with van der Waals surface area (Å²) in [5.74, 6) is 1.86. The van der Waals surface area contributed by atoms with E-state index in [9.17, 15) is 18.0 Å².